The Labute approximate surface area is 130 Å². The summed E-state index contributed by atoms with van der Waals surface area (Å²) in [6, 6.07) is 6.01. The molecule has 3 aliphatic rings. The van der Waals surface area contributed by atoms with Gasteiger partial charge in [-0.15, -0.1) is 0 Å². The Morgan fingerprint density at radius 3 is 2.64 bits per heavy atom. The molecule has 2 saturated carbocycles. The Balaban J connectivity index is 1.45. The highest BCUT2D eigenvalue weighted by Gasteiger charge is 2.34. The molecule has 0 aromatic heterocycles. The second kappa shape index (κ2) is 5.71. The van der Waals surface area contributed by atoms with Crippen molar-refractivity contribution in [2.45, 2.75) is 31.7 Å². The molecule has 2 N–H and O–H groups in total. The Morgan fingerprint density at radius 1 is 1.14 bits per heavy atom. The fourth-order valence-electron chi connectivity index (χ4n) is 2.91. The lowest BCUT2D eigenvalue weighted by atomic mass is 10.0. The van der Waals surface area contributed by atoms with E-state index < -0.39 is 0 Å². The fourth-order valence-corrected chi connectivity index (χ4v) is 2.91. The number of rotatable bonds is 5. The quantitative estimate of drug-likeness (QED) is 0.879. The lowest BCUT2D eigenvalue weighted by molar-refractivity contribution is 0.171. The monoisotopic (exact) mass is 302 g/mol. The van der Waals surface area contributed by atoms with Crippen molar-refractivity contribution in [3.05, 3.63) is 23.8 Å². The summed E-state index contributed by atoms with van der Waals surface area (Å²) >= 11 is 0. The van der Waals surface area contributed by atoms with Crippen LogP contribution >= 0.6 is 0 Å². The number of amides is 2. The minimum absolute atomic E-state index is 0.0568. The Hall–Kier alpha value is -1.91. The van der Waals surface area contributed by atoms with E-state index in [1.54, 1.807) is 0 Å². The van der Waals surface area contributed by atoms with E-state index in [2.05, 4.69) is 10.6 Å². The van der Waals surface area contributed by atoms with Crippen molar-refractivity contribution < 1.29 is 14.3 Å². The summed E-state index contributed by atoms with van der Waals surface area (Å²) in [6.07, 6.45) is 4.83. The van der Waals surface area contributed by atoms with Gasteiger partial charge in [0.2, 0.25) is 0 Å². The van der Waals surface area contributed by atoms with Crippen molar-refractivity contribution in [2.24, 2.45) is 11.8 Å². The molecular weight excluding hydrogens is 280 g/mol. The Morgan fingerprint density at radius 2 is 1.91 bits per heavy atom. The van der Waals surface area contributed by atoms with Gasteiger partial charge in [-0.25, -0.2) is 4.79 Å². The number of fused-ring (bicyclic) bond motifs is 1. The van der Waals surface area contributed by atoms with Crippen LogP contribution in [0, 0.1) is 11.8 Å². The summed E-state index contributed by atoms with van der Waals surface area (Å²) in [5.41, 5.74) is 1.10. The van der Waals surface area contributed by atoms with Crippen molar-refractivity contribution in [2.75, 3.05) is 19.8 Å². The first-order valence-corrected chi connectivity index (χ1v) is 8.23. The summed E-state index contributed by atoms with van der Waals surface area (Å²) in [6.45, 7) is 1.98. The highest BCUT2D eigenvalue weighted by atomic mass is 16.6. The van der Waals surface area contributed by atoms with E-state index in [4.69, 9.17) is 9.47 Å². The first-order valence-electron chi connectivity index (χ1n) is 8.23. The number of carbonyl (C=O) groups excluding carboxylic acids is 1. The third-order valence-electron chi connectivity index (χ3n) is 4.55. The molecule has 2 fully saturated rings. The van der Waals surface area contributed by atoms with Crippen LogP contribution in [-0.4, -0.2) is 25.8 Å². The molecule has 22 heavy (non-hydrogen) atoms. The molecule has 0 saturated heterocycles. The SMILES string of the molecule is O=C(NCC1CC1)N[C@H](c1ccc2c(c1)OCCO2)C1CC1. The summed E-state index contributed by atoms with van der Waals surface area (Å²) < 4.78 is 11.2. The Kier molecular flexibility index (Phi) is 3.56. The number of benzene rings is 1. The first kappa shape index (κ1) is 13.7. The maximum atomic E-state index is 12.1. The topological polar surface area (TPSA) is 59.6 Å². The highest BCUT2D eigenvalue weighted by molar-refractivity contribution is 5.74. The Bertz CT molecular complexity index is 567. The van der Waals surface area contributed by atoms with Crippen LogP contribution in [0.4, 0.5) is 4.79 Å². The van der Waals surface area contributed by atoms with E-state index in [-0.39, 0.29) is 12.1 Å². The van der Waals surface area contributed by atoms with E-state index in [1.807, 2.05) is 18.2 Å². The minimum Gasteiger partial charge on any atom is -0.486 e. The molecule has 1 atom stereocenters. The largest absolute Gasteiger partial charge is 0.486 e. The zero-order valence-electron chi connectivity index (χ0n) is 12.6. The number of carbonyl (C=O) groups is 1. The van der Waals surface area contributed by atoms with Gasteiger partial charge >= 0.3 is 6.03 Å². The highest BCUT2D eigenvalue weighted by Crippen LogP contribution is 2.43. The van der Waals surface area contributed by atoms with Crippen molar-refractivity contribution in [3.63, 3.8) is 0 Å². The third-order valence-corrected chi connectivity index (χ3v) is 4.55. The van der Waals surface area contributed by atoms with Gasteiger partial charge in [-0.2, -0.15) is 0 Å². The van der Waals surface area contributed by atoms with Gasteiger partial charge in [0.25, 0.3) is 0 Å². The molecule has 1 aliphatic heterocycles. The molecule has 1 aromatic carbocycles. The van der Waals surface area contributed by atoms with E-state index in [0.717, 1.165) is 23.6 Å². The molecule has 0 bridgehead atoms. The van der Waals surface area contributed by atoms with Crippen LogP contribution in [0.5, 0.6) is 11.5 Å². The lowest BCUT2D eigenvalue weighted by Gasteiger charge is -2.23. The van der Waals surface area contributed by atoms with Crippen LogP contribution in [0.25, 0.3) is 0 Å². The van der Waals surface area contributed by atoms with Crippen LogP contribution < -0.4 is 20.1 Å². The number of ether oxygens (including phenoxy) is 2. The van der Waals surface area contributed by atoms with E-state index in [9.17, 15) is 4.79 Å². The van der Waals surface area contributed by atoms with Gasteiger partial charge in [-0.3, -0.25) is 0 Å². The summed E-state index contributed by atoms with van der Waals surface area (Å²) in [7, 11) is 0. The zero-order valence-corrected chi connectivity index (χ0v) is 12.6. The number of hydrogen-bond donors (Lipinski definition) is 2. The number of hydrogen-bond acceptors (Lipinski definition) is 3. The van der Waals surface area contributed by atoms with Gasteiger partial charge in [0.15, 0.2) is 11.5 Å². The van der Waals surface area contributed by atoms with Crippen molar-refractivity contribution in [1.82, 2.24) is 10.6 Å². The molecule has 2 aliphatic carbocycles. The molecule has 2 amide bonds. The predicted octanol–water partition coefficient (Wildman–Crippen LogP) is 2.62. The van der Waals surface area contributed by atoms with Crippen molar-refractivity contribution in [1.29, 1.82) is 0 Å². The molecule has 5 heteroatoms. The van der Waals surface area contributed by atoms with Crippen molar-refractivity contribution in [3.8, 4) is 11.5 Å². The third kappa shape index (κ3) is 3.13. The molecular formula is C17H22N2O3. The molecule has 0 spiro atoms. The summed E-state index contributed by atoms with van der Waals surface area (Å²) in [5.74, 6) is 2.81. The minimum atomic E-state index is -0.0568. The molecule has 4 rings (SSSR count). The molecule has 0 radical (unpaired) electrons. The first-order chi connectivity index (χ1) is 10.8. The predicted molar refractivity (Wildman–Crippen MR) is 82.2 cm³/mol. The van der Waals surface area contributed by atoms with Crippen LogP contribution in [-0.2, 0) is 0 Å². The summed E-state index contributed by atoms with van der Waals surface area (Å²) in [4.78, 5) is 12.1. The molecule has 1 heterocycles. The van der Waals surface area contributed by atoms with Crippen LogP contribution in [0.3, 0.4) is 0 Å². The van der Waals surface area contributed by atoms with E-state index in [1.165, 1.54) is 25.7 Å². The van der Waals surface area contributed by atoms with Gasteiger partial charge in [0, 0.05) is 6.54 Å². The average Bonchev–Trinajstić information content (AvgIpc) is 3.43. The van der Waals surface area contributed by atoms with E-state index in [0.29, 0.717) is 25.0 Å². The van der Waals surface area contributed by atoms with Crippen molar-refractivity contribution >= 4 is 6.03 Å². The normalized spacial score (nSPS) is 21.1. The standard InChI is InChI=1S/C17H22N2O3/c20-17(18-10-11-1-2-11)19-16(12-3-4-12)13-5-6-14-15(9-13)22-8-7-21-14/h5-6,9,11-12,16H,1-4,7-8,10H2,(H2,18,19,20)/t16-/m0/s1. The maximum absolute atomic E-state index is 12.1. The second-order valence-electron chi connectivity index (χ2n) is 6.52. The van der Waals surface area contributed by atoms with Crippen LogP contribution in [0.15, 0.2) is 18.2 Å². The smallest absolute Gasteiger partial charge is 0.315 e. The molecule has 5 nitrogen and oxygen atoms in total. The molecule has 1 aromatic rings. The van der Waals surface area contributed by atoms with Gasteiger partial charge in [-0.1, -0.05) is 6.07 Å². The summed E-state index contributed by atoms with van der Waals surface area (Å²) in [5, 5.41) is 6.12. The molecule has 118 valence electrons. The van der Waals surface area contributed by atoms with Gasteiger partial charge < -0.3 is 20.1 Å². The lowest BCUT2D eigenvalue weighted by Crippen LogP contribution is -2.39. The van der Waals surface area contributed by atoms with Gasteiger partial charge in [0.05, 0.1) is 6.04 Å². The van der Waals surface area contributed by atoms with Crippen LogP contribution in [0.2, 0.25) is 0 Å². The average molecular weight is 302 g/mol. The van der Waals surface area contributed by atoms with Gasteiger partial charge in [-0.05, 0) is 55.2 Å². The maximum Gasteiger partial charge on any atom is 0.315 e. The van der Waals surface area contributed by atoms with Crippen LogP contribution in [0.1, 0.15) is 37.3 Å². The van der Waals surface area contributed by atoms with E-state index >= 15 is 0 Å². The van der Waals surface area contributed by atoms with Gasteiger partial charge in [0.1, 0.15) is 13.2 Å². The molecule has 0 unspecified atom stereocenters. The number of nitrogens with one attached hydrogen (secondary N) is 2. The zero-order chi connectivity index (χ0) is 14.9. The second-order valence-corrected chi connectivity index (χ2v) is 6.52. The number of urea groups is 1. The fraction of sp³-hybridized carbons (Fsp3) is 0.588.